The molecule has 4 atom stereocenters. The van der Waals surface area contributed by atoms with Crippen molar-refractivity contribution >= 4 is 124 Å². The smallest absolute Gasteiger partial charge is 0.135 e. The molecule has 130 heavy (non-hydrogen) atoms. The van der Waals surface area contributed by atoms with Crippen LogP contribution in [0.1, 0.15) is 172 Å². The largest absolute Gasteiger partial charge is 0.456 e. The van der Waals surface area contributed by atoms with Crippen molar-refractivity contribution in [2.75, 3.05) is 19.6 Å². The summed E-state index contributed by atoms with van der Waals surface area (Å²) in [6.07, 6.45) is 29.2. The zero-order chi connectivity index (χ0) is 87.1. The van der Waals surface area contributed by atoms with Crippen LogP contribution in [-0.2, 0) is 47.3 Å². The lowest BCUT2D eigenvalue weighted by molar-refractivity contribution is -0.0282. The Bertz CT molecular complexity index is 6980. The standard InChI is InChI=1S/C64H58N2O.C60H56N2O/c1-3-5-11-46-18-26-53(27-19-46)65(55-30-24-52(25-31-55)64-42-47-38-48(43-64)41-63(40-47,44-64)51-22-16-45(4-2)17-23-51)56-32-34-57(35-33-56)66(54-28-20-50(21-29-54)49-12-7-6-8-13-49)58-36-37-62-60(39-58)59-14-9-10-15-61(59)67-62;1-3-5-8-42-13-22-49(23-14-42)61(50-25-20-48(21-26-50)60-38-43-33-44(39-60)37-59(36-43,40-60)47-18-11-41(4-2)12-19-47)51-27-29-52(30-28-51)62(53-24-17-45-15-16-46(45)34-53)54-31-32-58-56(35-54)55-9-6-7-10-57(55)63-58/h4,6-10,12-37,39,47-48H,2-3,5,11,38,40-44H2,1H3;4,6-7,9-14,17-32,34-35,43-44H,2-3,5,8,15-16,33,36-40H2,1H3. The molecule has 2 aromatic heterocycles. The summed E-state index contributed by atoms with van der Waals surface area (Å²) < 4.78 is 12.6. The molecule has 4 unspecified atom stereocenters. The summed E-state index contributed by atoms with van der Waals surface area (Å²) in [7, 11) is 0. The number of nitrogens with zero attached hydrogens (tertiary/aromatic N) is 4. The molecule has 0 spiro atoms. The van der Waals surface area contributed by atoms with Gasteiger partial charge >= 0.3 is 0 Å². The second kappa shape index (κ2) is 33.6. The van der Waals surface area contributed by atoms with Crippen LogP contribution in [0.25, 0.3) is 67.2 Å². The van der Waals surface area contributed by atoms with E-state index in [-0.39, 0.29) is 21.7 Å². The summed E-state index contributed by atoms with van der Waals surface area (Å²) in [4.78, 5) is 9.69. The van der Waals surface area contributed by atoms with E-state index in [1.165, 1.54) is 193 Å². The maximum absolute atomic E-state index is 6.29. The number of hydrogen-bond donors (Lipinski definition) is 0. The highest BCUT2D eigenvalue weighted by molar-refractivity contribution is 6.08. The molecule has 0 amide bonds. The summed E-state index contributed by atoms with van der Waals surface area (Å²) in [5.41, 5.74) is 35.0. The van der Waals surface area contributed by atoms with Crippen molar-refractivity contribution in [1.29, 1.82) is 0 Å². The second-order valence-electron chi connectivity index (χ2n) is 39.6. The first-order valence-corrected chi connectivity index (χ1v) is 48.3. The molecule has 26 rings (SSSR count). The van der Waals surface area contributed by atoms with Gasteiger partial charge in [0.05, 0.1) is 0 Å². The minimum atomic E-state index is 0.224. The van der Waals surface area contributed by atoms with E-state index in [4.69, 9.17) is 8.83 Å². The van der Waals surface area contributed by atoms with E-state index < -0.39 is 0 Å². The van der Waals surface area contributed by atoms with E-state index in [2.05, 4.69) is 386 Å². The summed E-state index contributed by atoms with van der Waals surface area (Å²) >= 11 is 0. The number of unbranched alkanes of at least 4 members (excludes halogenated alkanes) is 2. The fourth-order valence-electron chi connectivity index (χ4n) is 25.9. The summed E-state index contributed by atoms with van der Waals surface area (Å²) in [6, 6.07) is 132. The SMILES string of the molecule is C=Cc1ccc(C23CC4CC(C2)CC(c2ccc(N(c5ccc(CCCC)cc5)c5ccc(N(c6ccc(-c7ccccc7)cc6)c6ccc7oc8ccccc8c7c6)cc5)cc2)(C4)C3)cc1.C=Cc1ccc(C23CC4CC(C2)CC(c2ccc(N(c5ccc(CCCC)cc5)c5ccc(N(c6ccc7c(c6)CC7)c6ccc7oc8ccccc8c7c6)cc5)cc2)(C4)C3)cc1. The van der Waals surface area contributed by atoms with Gasteiger partial charge in [-0.25, -0.2) is 0 Å². The molecular formula is C124H114N4O2. The number of anilines is 12. The van der Waals surface area contributed by atoms with Gasteiger partial charge < -0.3 is 28.4 Å². The van der Waals surface area contributed by atoms with Gasteiger partial charge in [0, 0.05) is 89.8 Å². The molecular weight excluding hydrogens is 1580 g/mol. The molecule has 8 bridgehead atoms. The second-order valence-corrected chi connectivity index (χ2v) is 39.6. The first-order chi connectivity index (χ1) is 63.9. The molecule has 8 fully saturated rings. The van der Waals surface area contributed by atoms with Crippen molar-refractivity contribution in [3.63, 3.8) is 0 Å². The van der Waals surface area contributed by atoms with E-state index in [0.29, 0.717) is 0 Å². The molecule has 0 aliphatic heterocycles. The van der Waals surface area contributed by atoms with E-state index >= 15 is 0 Å². The molecule has 642 valence electrons. The Hall–Kier alpha value is -13.4. The molecule has 9 aliphatic carbocycles. The van der Waals surface area contributed by atoms with Crippen LogP contribution in [0.4, 0.5) is 68.2 Å². The van der Waals surface area contributed by atoms with Crippen molar-refractivity contribution in [3.05, 3.63) is 421 Å². The first kappa shape index (κ1) is 81.1. The number of aryl methyl sites for hydroxylation is 4. The van der Waals surface area contributed by atoms with E-state index in [1.54, 1.807) is 11.1 Å². The Kier molecular flexibility index (Phi) is 20.9. The van der Waals surface area contributed by atoms with Crippen molar-refractivity contribution < 1.29 is 8.83 Å². The molecule has 6 heteroatoms. The average molecular weight is 1690 g/mol. The average Bonchev–Trinajstić information content (AvgIpc) is 1.18. The summed E-state index contributed by atoms with van der Waals surface area (Å²) in [5, 5.41) is 4.51. The van der Waals surface area contributed by atoms with E-state index in [1.807, 2.05) is 24.3 Å². The topological polar surface area (TPSA) is 39.2 Å². The number of hydrogen-bond acceptors (Lipinski definition) is 6. The minimum absolute atomic E-state index is 0.224. The van der Waals surface area contributed by atoms with Gasteiger partial charge in [0.2, 0.25) is 0 Å². The lowest BCUT2D eigenvalue weighted by Crippen LogP contribution is -2.55. The third kappa shape index (κ3) is 14.9. The Balaban J connectivity index is 0.000000148. The molecule has 8 saturated carbocycles. The van der Waals surface area contributed by atoms with Crippen molar-refractivity contribution in [3.8, 4) is 11.1 Å². The normalized spacial score (nSPS) is 21.2. The lowest BCUT2D eigenvalue weighted by Gasteiger charge is -2.63. The van der Waals surface area contributed by atoms with Gasteiger partial charge in [0.15, 0.2) is 0 Å². The van der Waals surface area contributed by atoms with Crippen LogP contribution in [0.5, 0.6) is 0 Å². The molecule has 0 N–H and O–H groups in total. The van der Waals surface area contributed by atoms with Crippen LogP contribution in [0.3, 0.4) is 0 Å². The lowest BCUT2D eigenvalue weighted by atomic mass is 9.41. The Labute approximate surface area is 766 Å². The molecule has 9 aliphatic rings. The Morgan fingerprint density at radius 1 is 0.277 bits per heavy atom. The highest BCUT2D eigenvalue weighted by Gasteiger charge is 2.60. The quantitative estimate of drug-likeness (QED) is 0.0568. The number of rotatable bonds is 25. The maximum atomic E-state index is 6.29. The fraction of sp³-hybridized carbons (Fsp3) is 0.242. The van der Waals surface area contributed by atoms with Gasteiger partial charge in [-0.15, -0.1) is 0 Å². The number of furan rings is 2. The number of para-hydroxylation sites is 2. The van der Waals surface area contributed by atoms with Crippen molar-refractivity contribution in [1.82, 2.24) is 0 Å². The van der Waals surface area contributed by atoms with Gasteiger partial charge in [-0.1, -0.05) is 234 Å². The predicted molar refractivity (Wildman–Crippen MR) is 545 cm³/mol. The Morgan fingerprint density at radius 3 is 0.915 bits per heavy atom. The summed E-state index contributed by atoms with van der Waals surface area (Å²) in [6.45, 7) is 12.6. The van der Waals surface area contributed by atoms with Gasteiger partial charge in [-0.05, 0) is 398 Å². The molecule has 15 aromatic carbocycles. The van der Waals surface area contributed by atoms with Crippen LogP contribution in [-0.4, -0.2) is 0 Å². The van der Waals surface area contributed by atoms with E-state index in [9.17, 15) is 0 Å². The summed E-state index contributed by atoms with van der Waals surface area (Å²) in [5.74, 6) is 3.20. The third-order valence-corrected chi connectivity index (χ3v) is 31.5. The van der Waals surface area contributed by atoms with Gasteiger partial charge in [0.1, 0.15) is 22.3 Å². The predicted octanol–water partition coefficient (Wildman–Crippen LogP) is 34.4. The zero-order valence-electron chi connectivity index (χ0n) is 75.1. The molecule has 0 saturated heterocycles. The van der Waals surface area contributed by atoms with Crippen LogP contribution in [0.15, 0.2) is 374 Å². The van der Waals surface area contributed by atoms with E-state index in [0.717, 1.165) is 127 Å². The van der Waals surface area contributed by atoms with Gasteiger partial charge in [-0.3, -0.25) is 0 Å². The monoisotopic (exact) mass is 1690 g/mol. The number of fused-ring (bicyclic) bond motifs is 7. The van der Waals surface area contributed by atoms with Crippen molar-refractivity contribution in [2.45, 2.75) is 164 Å². The molecule has 6 nitrogen and oxygen atoms in total. The molecule has 17 aromatic rings. The van der Waals surface area contributed by atoms with Crippen molar-refractivity contribution in [2.24, 2.45) is 23.7 Å². The highest BCUT2D eigenvalue weighted by Crippen LogP contribution is 2.68. The molecule has 0 radical (unpaired) electrons. The maximum Gasteiger partial charge on any atom is 0.135 e. The Morgan fingerprint density at radius 2 is 0.562 bits per heavy atom. The first-order valence-electron chi connectivity index (χ1n) is 48.3. The minimum Gasteiger partial charge on any atom is -0.456 e. The molecule has 2 heterocycles. The fourth-order valence-corrected chi connectivity index (χ4v) is 25.9. The van der Waals surface area contributed by atoms with Crippen LogP contribution >= 0.6 is 0 Å². The van der Waals surface area contributed by atoms with Gasteiger partial charge in [0.25, 0.3) is 0 Å². The zero-order valence-corrected chi connectivity index (χ0v) is 75.1. The third-order valence-electron chi connectivity index (χ3n) is 31.5. The highest BCUT2D eigenvalue weighted by atomic mass is 16.3. The van der Waals surface area contributed by atoms with Crippen LogP contribution in [0, 0.1) is 23.7 Å². The van der Waals surface area contributed by atoms with Gasteiger partial charge in [-0.2, -0.15) is 0 Å². The van der Waals surface area contributed by atoms with Crippen LogP contribution in [0.2, 0.25) is 0 Å². The van der Waals surface area contributed by atoms with Crippen LogP contribution < -0.4 is 19.6 Å². The number of benzene rings is 15.